The van der Waals surface area contributed by atoms with Crippen molar-refractivity contribution in [2.45, 2.75) is 78.6 Å². The maximum Gasteiger partial charge on any atom is 0.161 e. The van der Waals surface area contributed by atoms with Gasteiger partial charge in [0.2, 0.25) is 0 Å². The molecular weight excluding hydrogens is 516 g/mol. The first-order valence-electron chi connectivity index (χ1n) is 15.3. The summed E-state index contributed by atoms with van der Waals surface area (Å²) in [7, 11) is 3.34. The molecule has 0 aromatic heterocycles. The second-order valence-corrected chi connectivity index (χ2v) is 10.6. The van der Waals surface area contributed by atoms with Crippen LogP contribution < -0.4 is 23.7 Å². The number of phenolic OH excluding ortho intramolecular Hbond substituents is 1. The molecule has 0 saturated carbocycles. The molecule has 41 heavy (non-hydrogen) atoms. The Balaban J connectivity index is 1.94. The predicted octanol–water partition coefficient (Wildman–Crippen LogP) is 9.58. The van der Waals surface area contributed by atoms with Crippen molar-refractivity contribution in [3.8, 4) is 34.5 Å². The standard InChI is InChI=1S/C35H46O6/c1-6-9-12-15-39-31-19-25-24(18-30(31)36)28-22-34(40-16-13-10-7-2)33(38-5)21-27(28)29-23-35(41-17-14-11-8-3)32(37-4)20-26(25)29/h18-23,36H,6-17H2,1-5H3. The first-order valence-corrected chi connectivity index (χ1v) is 15.3. The Labute approximate surface area is 244 Å². The van der Waals surface area contributed by atoms with E-state index in [9.17, 15) is 5.11 Å². The predicted molar refractivity (Wildman–Crippen MR) is 169 cm³/mol. The number of ether oxygens (including phenoxy) is 5. The third kappa shape index (κ3) is 7.03. The van der Waals surface area contributed by atoms with Crippen LogP contribution in [0.4, 0.5) is 0 Å². The lowest BCUT2D eigenvalue weighted by molar-refractivity contribution is 0.286. The van der Waals surface area contributed by atoms with Crippen molar-refractivity contribution in [2.24, 2.45) is 0 Å². The van der Waals surface area contributed by atoms with E-state index < -0.39 is 0 Å². The second-order valence-electron chi connectivity index (χ2n) is 10.6. The van der Waals surface area contributed by atoms with Crippen molar-refractivity contribution in [1.29, 1.82) is 0 Å². The topological polar surface area (TPSA) is 66.4 Å². The van der Waals surface area contributed by atoms with Crippen LogP contribution in [0.3, 0.4) is 0 Å². The molecule has 0 aliphatic carbocycles. The van der Waals surface area contributed by atoms with Crippen molar-refractivity contribution in [2.75, 3.05) is 34.0 Å². The molecule has 0 saturated heterocycles. The van der Waals surface area contributed by atoms with Crippen LogP contribution in [0.1, 0.15) is 78.6 Å². The van der Waals surface area contributed by atoms with E-state index >= 15 is 0 Å². The molecule has 0 amide bonds. The maximum atomic E-state index is 11.0. The third-order valence-corrected chi connectivity index (χ3v) is 7.59. The molecule has 0 aliphatic rings. The summed E-state index contributed by atoms with van der Waals surface area (Å²) in [4.78, 5) is 0. The number of fused-ring (bicyclic) bond motifs is 6. The van der Waals surface area contributed by atoms with Gasteiger partial charge in [-0.15, -0.1) is 0 Å². The Morgan fingerprint density at radius 2 is 0.756 bits per heavy atom. The third-order valence-electron chi connectivity index (χ3n) is 7.59. The molecule has 0 fully saturated rings. The first-order chi connectivity index (χ1) is 20.1. The van der Waals surface area contributed by atoms with Gasteiger partial charge in [-0.1, -0.05) is 59.3 Å². The fourth-order valence-corrected chi connectivity index (χ4v) is 5.29. The van der Waals surface area contributed by atoms with E-state index in [0.29, 0.717) is 48.6 Å². The molecule has 0 spiro atoms. The van der Waals surface area contributed by atoms with Crippen LogP contribution in [0.15, 0.2) is 36.4 Å². The van der Waals surface area contributed by atoms with E-state index in [0.717, 1.165) is 90.1 Å². The Morgan fingerprint density at radius 1 is 0.439 bits per heavy atom. The summed E-state index contributed by atoms with van der Waals surface area (Å²) >= 11 is 0. The molecule has 222 valence electrons. The van der Waals surface area contributed by atoms with Crippen LogP contribution in [0, 0.1) is 0 Å². The van der Waals surface area contributed by atoms with Crippen LogP contribution in [-0.4, -0.2) is 39.1 Å². The average Bonchev–Trinajstić information content (AvgIpc) is 2.99. The van der Waals surface area contributed by atoms with Gasteiger partial charge in [-0.05, 0) is 88.0 Å². The summed E-state index contributed by atoms with van der Waals surface area (Å²) in [6.45, 7) is 8.34. The molecule has 0 radical (unpaired) electrons. The number of methoxy groups -OCH3 is 2. The quantitative estimate of drug-likeness (QED) is 0.102. The summed E-state index contributed by atoms with van der Waals surface area (Å²) in [6, 6.07) is 11.9. The van der Waals surface area contributed by atoms with E-state index in [1.54, 1.807) is 20.3 Å². The van der Waals surface area contributed by atoms with Gasteiger partial charge in [0.15, 0.2) is 34.5 Å². The number of rotatable bonds is 17. The maximum absolute atomic E-state index is 11.0. The summed E-state index contributed by atoms with van der Waals surface area (Å²) in [6.07, 6.45) is 9.60. The molecule has 1 N–H and O–H groups in total. The number of hydrogen-bond acceptors (Lipinski definition) is 6. The number of benzene rings is 4. The minimum absolute atomic E-state index is 0.124. The highest BCUT2D eigenvalue weighted by atomic mass is 16.5. The summed E-state index contributed by atoms with van der Waals surface area (Å²) in [5, 5.41) is 16.9. The van der Waals surface area contributed by atoms with E-state index in [4.69, 9.17) is 23.7 Å². The van der Waals surface area contributed by atoms with Crippen molar-refractivity contribution in [3.05, 3.63) is 36.4 Å². The molecule has 0 atom stereocenters. The van der Waals surface area contributed by atoms with Gasteiger partial charge in [-0.25, -0.2) is 0 Å². The average molecular weight is 563 g/mol. The second kappa shape index (κ2) is 14.9. The fourth-order valence-electron chi connectivity index (χ4n) is 5.29. The molecule has 4 aromatic rings. The van der Waals surface area contributed by atoms with Gasteiger partial charge < -0.3 is 28.8 Å². The lowest BCUT2D eigenvalue weighted by atomic mass is 9.93. The summed E-state index contributed by atoms with van der Waals surface area (Å²) in [5.74, 6) is 3.37. The lowest BCUT2D eigenvalue weighted by Crippen LogP contribution is -2.01. The zero-order valence-corrected chi connectivity index (χ0v) is 25.4. The van der Waals surface area contributed by atoms with E-state index in [1.807, 2.05) is 24.3 Å². The number of unbranched alkanes of at least 4 members (excludes halogenated alkanes) is 6. The summed E-state index contributed by atoms with van der Waals surface area (Å²) < 4.78 is 30.1. The monoisotopic (exact) mass is 562 g/mol. The molecule has 0 bridgehead atoms. The van der Waals surface area contributed by atoms with Crippen LogP contribution in [0.5, 0.6) is 34.5 Å². The smallest absolute Gasteiger partial charge is 0.161 e. The van der Waals surface area contributed by atoms with Crippen LogP contribution in [0.25, 0.3) is 32.3 Å². The minimum Gasteiger partial charge on any atom is -0.504 e. The van der Waals surface area contributed by atoms with Gasteiger partial charge in [0.1, 0.15) is 0 Å². The summed E-state index contributed by atoms with van der Waals surface area (Å²) in [5.41, 5.74) is 0. The van der Waals surface area contributed by atoms with Crippen LogP contribution in [-0.2, 0) is 0 Å². The molecule has 0 unspecified atom stereocenters. The van der Waals surface area contributed by atoms with E-state index in [-0.39, 0.29) is 5.75 Å². The highest BCUT2D eigenvalue weighted by Gasteiger charge is 2.19. The highest BCUT2D eigenvalue weighted by molar-refractivity contribution is 6.26. The van der Waals surface area contributed by atoms with Crippen molar-refractivity contribution < 1.29 is 28.8 Å². The number of aromatic hydroxyl groups is 1. The molecule has 0 heterocycles. The van der Waals surface area contributed by atoms with Gasteiger partial charge in [-0.2, -0.15) is 0 Å². The molecule has 4 rings (SSSR count). The zero-order chi connectivity index (χ0) is 29.2. The van der Waals surface area contributed by atoms with Crippen molar-refractivity contribution >= 4 is 32.3 Å². The van der Waals surface area contributed by atoms with E-state index in [2.05, 4.69) is 26.8 Å². The van der Waals surface area contributed by atoms with Gasteiger partial charge >= 0.3 is 0 Å². The Bertz CT molecular complexity index is 1400. The Kier molecular flexibility index (Phi) is 11.1. The normalized spacial score (nSPS) is 11.3. The van der Waals surface area contributed by atoms with Crippen LogP contribution in [0.2, 0.25) is 0 Å². The zero-order valence-electron chi connectivity index (χ0n) is 25.4. The lowest BCUT2D eigenvalue weighted by Gasteiger charge is -2.19. The van der Waals surface area contributed by atoms with E-state index in [1.165, 1.54) is 0 Å². The van der Waals surface area contributed by atoms with Crippen LogP contribution >= 0.6 is 0 Å². The minimum atomic E-state index is 0.124. The number of hydrogen-bond donors (Lipinski definition) is 1. The van der Waals surface area contributed by atoms with Gasteiger partial charge in [0.25, 0.3) is 0 Å². The SMILES string of the molecule is CCCCCOc1cc2c(cc1O)c1cc(OCCCCC)c(OC)cc1c1cc(OCCCCC)c(OC)cc21. The first kappa shape index (κ1) is 30.4. The van der Waals surface area contributed by atoms with Crippen molar-refractivity contribution in [3.63, 3.8) is 0 Å². The Hall–Kier alpha value is -3.54. The molecule has 6 heteroatoms. The van der Waals surface area contributed by atoms with Gasteiger partial charge in [0, 0.05) is 0 Å². The Morgan fingerprint density at radius 3 is 1.12 bits per heavy atom. The van der Waals surface area contributed by atoms with Crippen molar-refractivity contribution in [1.82, 2.24) is 0 Å². The molecule has 6 nitrogen and oxygen atoms in total. The molecule has 0 aliphatic heterocycles. The largest absolute Gasteiger partial charge is 0.504 e. The van der Waals surface area contributed by atoms with Gasteiger partial charge in [-0.3, -0.25) is 0 Å². The fraction of sp³-hybridized carbons (Fsp3) is 0.486. The highest BCUT2D eigenvalue weighted by Crippen LogP contribution is 2.46. The van der Waals surface area contributed by atoms with Gasteiger partial charge in [0.05, 0.1) is 34.0 Å². The molecule has 4 aromatic carbocycles. The molecular formula is C35H46O6. The number of phenols is 1.